The molecular formula is C8H18Cl2N2. The molecule has 0 aromatic heterocycles. The lowest BCUT2D eigenvalue weighted by molar-refractivity contribution is 0.246. The molecule has 0 aliphatic carbocycles. The summed E-state index contributed by atoms with van der Waals surface area (Å²) >= 11 is 11.2. The minimum Gasteiger partial charge on any atom is -0.324 e. The van der Waals surface area contributed by atoms with E-state index in [1.54, 1.807) is 0 Å². The summed E-state index contributed by atoms with van der Waals surface area (Å²) in [5, 5.41) is 3.21. The molecule has 0 spiro atoms. The smallest absolute Gasteiger partial charge is 0.120 e. The molecule has 0 aliphatic heterocycles. The van der Waals surface area contributed by atoms with Crippen molar-refractivity contribution in [1.82, 2.24) is 5.32 Å². The van der Waals surface area contributed by atoms with E-state index in [1.807, 2.05) is 27.7 Å². The van der Waals surface area contributed by atoms with Gasteiger partial charge in [-0.1, -0.05) is 0 Å². The molecule has 12 heavy (non-hydrogen) atoms. The maximum absolute atomic E-state index is 5.95. The first-order valence-electron chi connectivity index (χ1n) is 3.99. The van der Waals surface area contributed by atoms with Crippen LogP contribution in [0.4, 0.5) is 0 Å². The van der Waals surface area contributed by atoms with Gasteiger partial charge in [-0.3, -0.25) is 0 Å². The molecule has 0 saturated heterocycles. The molecule has 0 heterocycles. The number of hydrogen-bond donors (Lipinski definition) is 2. The second-order valence-corrected chi connectivity index (χ2v) is 5.40. The number of halogens is 2. The van der Waals surface area contributed by atoms with Gasteiger partial charge < -0.3 is 11.1 Å². The fourth-order valence-corrected chi connectivity index (χ4v) is 0.714. The minimum atomic E-state index is -0.383. The van der Waals surface area contributed by atoms with E-state index in [1.165, 1.54) is 0 Å². The number of alkyl halides is 2. The standard InChI is InChI=1S/C8H18Cl2N2/c1-7(2,11)8(3,4)12-5-6(9)10/h6,12H,5,11H2,1-4H3. The normalized spacial score (nSPS) is 14.0. The first-order chi connectivity index (χ1) is 5.17. The number of nitrogens with two attached hydrogens (primary N) is 1. The number of hydrogen-bond acceptors (Lipinski definition) is 2. The zero-order valence-corrected chi connectivity index (χ0v) is 9.63. The highest BCUT2D eigenvalue weighted by atomic mass is 35.5. The highest BCUT2D eigenvalue weighted by Crippen LogP contribution is 2.18. The fourth-order valence-electron chi connectivity index (χ4n) is 0.560. The summed E-state index contributed by atoms with van der Waals surface area (Å²) in [4.78, 5) is -0.383. The summed E-state index contributed by atoms with van der Waals surface area (Å²) in [6.07, 6.45) is 0. The Kier molecular flexibility index (Phi) is 4.31. The van der Waals surface area contributed by atoms with Crippen LogP contribution < -0.4 is 11.1 Å². The van der Waals surface area contributed by atoms with Crippen molar-refractivity contribution >= 4 is 23.2 Å². The van der Waals surface area contributed by atoms with Gasteiger partial charge in [0.2, 0.25) is 0 Å². The molecule has 0 unspecified atom stereocenters. The van der Waals surface area contributed by atoms with Crippen LogP contribution >= 0.6 is 23.2 Å². The van der Waals surface area contributed by atoms with E-state index < -0.39 is 0 Å². The number of nitrogens with one attached hydrogen (secondary N) is 1. The predicted molar refractivity (Wildman–Crippen MR) is 55.8 cm³/mol. The lowest BCUT2D eigenvalue weighted by Gasteiger charge is -2.39. The Morgan fingerprint density at radius 3 is 1.92 bits per heavy atom. The summed E-state index contributed by atoms with van der Waals surface area (Å²) in [6.45, 7) is 8.55. The Labute approximate surface area is 84.8 Å². The monoisotopic (exact) mass is 212 g/mol. The van der Waals surface area contributed by atoms with E-state index in [4.69, 9.17) is 28.9 Å². The van der Waals surface area contributed by atoms with Gasteiger partial charge in [-0.2, -0.15) is 0 Å². The van der Waals surface area contributed by atoms with Crippen molar-refractivity contribution in [3.63, 3.8) is 0 Å². The summed E-state index contributed by atoms with van der Waals surface area (Å²) in [5.41, 5.74) is 5.48. The van der Waals surface area contributed by atoms with E-state index >= 15 is 0 Å². The van der Waals surface area contributed by atoms with E-state index in [2.05, 4.69) is 5.32 Å². The van der Waals surface area contributed by atoms with Gasteiger partial charge in [-0.05, 0) is 27.7 Å². The van der Waals surface area contributed by atoms with E-state index in [0.717, 1.165) is 0 Å². The third kappa shape index (κ3) is 3.94. The maximum Gasteiger partial charge on any atom is 0.120 e. The van der Waals surface area contributed by atoms with Crippen molar-refractivity contribution in [2.45, 2.75) is 43.6 Å². The third-order valence-corrected chi connectivity index (χ3v) is 2.62. The summed E-state index contributed by atoms with van der Waals surface area (Å²) in [5.74, 6) is 0. The van der Waals surface area contributed by atoms with Gasteiger partial charge in [0.1, 0.15) is 4.84 Å². The van der Waals surface area contributed by atoms with Gasteiger partial charge in [0, 0.05) is 17.6 Å². The molecule has 0 saturated carbocycles. The topological polar surface area (TPSA) is 38.0 Å². The zero-order valence-electron chi connectivity index (χ0n) is 8.12. The maximum atomic E-state index is 5.95. The quantitative estimate of drug-likeness (QED) is 0.700. The van der Waals surface area contributed by atoms with Crippen LogP contribution in [0.3, 0.4) is 0 Å². The Morgan fingerprint density at radius 2 is 1.67 bits per heavy atom. The van der Waals surface area contributed by atoms with Crippen LogP contribution in [-0.4, -0.2) is 22.5 Å². The molecule has 0 rings (SSSR count). The lowest BCUT2D eigenvalue weighted by atomic mass is 9.83. The molecular weight excluding hydrogens is 195 g/mol. The van der Waals surface area contributed by atoms with Crippen molar-refractivity contribution in [1.29, 1.82) is 0 Å². The third-order valence-electron chi connectivity index (χ3n) is 2.31. The second-order valence-electron chi connectivity index (χ2n) is 4.12. The largest absolute Gasteiger partial charge is 0.324 e. The Morgan fingerprint density at radius 1 is 1.25 bits per heavy atom. The van der Waals surface area contributed by atoms with Crippen LogP contribution in [0.25, 0.3) is 0 Å². The molecule has 0 aromatic rings. The Bertz CT molecular complexity index is 138. The van der Waals surface area contributed by atoms with Crippen LogP contribution in [0, 0.1) is 0 Å². The van der Waals surface area contributed by atoms with Crippen LogP contribution in [-0.2, 0) is 0 Å². The van der Waals surface area contributed by atoms with Gasteiger partial charge in [0.25, 0.3) is 0 Å². The van der Waals surface area contributed by atoms with Gasteiger partial charge >= 0.3 is 0 Å². The van der Waals surface area contributed by atoms with E-state index in [0.29, 0.717) is 6.54 Å². The second kappa shape index (κ2) is 4.14. The zero-order chi connectivity index (χ0) is 9.99. The average molecular weight is 213 g/mol. The molecule has 74 valence electrons. The minimum absolute atomic E-state index is 0.172. The fraction of sp³-hybridized carbons (Fsp3) is 1.00. The van der Waals surface area contributed by atoms with Crippen molar-refractivity contribution in [2.75, 3.05) is 6.54 Å². The van der Waals surface area contributed by atoms with Crippen LogP contribution in [0.5, 0.6) is 0 Å². The van der Waals surface area contributed by atoms with Crippen molar-refractivity contribution in [3.8, 4) is 0 Å². The molecule has 0 bridgehead atoms. The molecule has 0 fully saturated rings. The van der Waals surface area contributed by atoms with Crippen LogP contribution in [0.2, 0.25) is 0 Å². The molecule has 0 amide bonds. The molecule has 0 radical (unpaired) electrons. The van der Waals surface area contributed by atoms with Gasteiger partial charge in [0.15, 0.2) is 0 Å². The van der Waals surface area contributed by atoms with Crippen LogP contribution in [0.15, 0.2) is 0 Å². The Balaban J connectivity index is 4.05. The highest BCUT2D eigenvalue weighted by molar-refractivity contribution is 6.44. The lowest BCUT2D eigenvalue weighted by Crippen LogP contribution is -2.61. The predicted octanol–water partition coefficient (Wildman–Crippen LogP) is 1.90. The molecule has 3 N–H and O–H groups in total. The molecule has 4 heteroatoms. The average Bonchev–Trinajstić information content (AvgIpc) is 1.81. The first kappa shape index (κ1) is 12.5. The summed E-state index contributed by atoms with van der Waals surface area (Å²) in [6, 6.07) is 0. The SMILES string of the molecule is CC(C)(N)C(C)(C)NCC(Cl)Cl. The first-order valence-corrected chi connectivity index (χ1v) is 4.86. The molecule has 0 aliphatic rings. The van der Waals surface area contributed by atoms with Gasteiger partial charge in [0.05, 0.1) is 0 Å². The van der Waals surface area contributed by atoms with Gasteiger partial charge in [-0.15, -0.1) is 23.2 Å². The van der Waals surface area contributed by atoms with E-state index in [9.17, 15) is 0 Å². The summed E-state index contributed by atoms with van der Waals surface area (Å²) < 4.78 is 0. The van der Waals surface area contributed by atoms with Crippen LogP contribution in [0.1, 0.15) is 27.7 Å². The molecule has 0 atom stereocenters. The van der Waals surface area contributed by atoms with Crippen molar-refractivity contribution in [3.05, 3.63) is 0 Å². The van der Waals surface area contributed by atoms with Gasteiger partial charge in [-0.25, -0.2) is 0 Å². The molecule has 0 aromatic carbocycles. The summed E-state index contributed by atoms with van der Waals surface area (Å²) in [7, 11) is 0. The molecule has 2 nitrogen and oxygen atoms in total. The van der Waals surface area contributed by atoms with Crippen molar-refractivity contribution < 1.29 is 0 Å². The highest BCUT2D eigenvalue weighted by Gasteiger charge is 2.32. The van der Waals surface area contributed by atoms with Crippen molar-refractivity contribution in [2.24, 2.45) is 5.73 Å². The van der Waals surface area contributed by atoms with E-state index in [-0.39, 0.29) is 15.9 Å². The Hall–Kier alpha value is 0.500. The number of rotatable bonds is 4.